The third-order valence-electron chi connectivity index (χ3n) is 5.12. The van der Waals surface area contributed by atoms with Gasteiger partial charge in [-0.1, -0.05) is 6.92 Å². The number of amides is 2. The fourth-order valence-corrected chi connectivity index (χ4v) is 3.30. The van der Waals surface area contributed by atoms with Crippen molar-refractivity contribution >= 4 is 11.8 Å². The smallest absolute Gasteiger partial charge is 0.272 e. The predicted octanol–water partition coefficient (Wildman–Crippen LogP) is 0.247. The van der Waals surface area contributed by atoms with Gasteiger partial charge < -0.3 is 19.6 Å². The van der Waals surface area contributed by atoms with Gasteiger partial charge in [0.15, 0.2) is 0 Å². The minimum absolute atomic E-state index is 0.00872. The summed E-state index contributed by atoms with van der Waals surface area (Å²) >= 11 is 0. The van der Waals surface area contributed by atoms with Crippen LogP contribution in [0.2, 0.25) is 0 Å². The van der Waals surface area contributed by atoms with E-state index in [0.717, 1.165) is 45.8 Å². The third kappa shape index (κ3) is 4.16. The molecule has 3 rings (SSSR count). The lowest BCUT2D eigenvalue weighted by atomic mass is 10.1. The van der Waals surface area contributed by atoms with Crippen molar-refractivity contribution in [1.82, 2.24) is 24.6 Å². The van der Waals surface area contributed by atoms with E-state index in [9.17, 15) is 9.59 Å². The van der Waals surface area contributed by atoms with E-state index in [4.69, 9.17) is 0 Å². The summed E-state index contributed by atoms with van der Waals surface area (Å²) in [4.78, 5) is 37.8. The molecule has 0 aliphatic carbocycles. The second-order valence-corrected chi connectivity index (χ2v) is 6.75. The van der Waals surface area contributed by atoms with E-state index >= 15 is 0 Å². The lowest BCUT2D eigenvalue weighted by Crippen LogP contribution is -2.48. The number of carbonyl (C=O) groups is 2. The number of rotatable bonds is 3. The minimum atomic E-state index is -0.0847. The SMILES string of the molecule is CCN1CCN(C(=O)c2ccnc(C(=O)N3CCN(C)CC3)c2)CC1. The van der Waals surface area contributed by atoms with Crippen molar-refractivity contribution in [2.45, 2.75) is 6.92 Å². The number of likely N-dealkylation sites (N-methyl/N-ethyl adjacent to an activating group) is 2. The number of hydrogen-bond donors (Lipinski definition) is 0. The van der Waals surface area contributed by atoms with Crippen LogP contribution >= 0.6 is 0 Å². The normalized spacial score (nSPS) is 19.9. The van der Waals surface area contributed by atoms with E-state index in [1.807, 2.05) is 9.80 Å². The molecule has 7 heteroatoms. The minimum Gasteiger partial charge on any atom is -0.336 e. The van der Waals surface area contributed by atoms with Gasteiger partial charge in [-0.3, -0.25) is 14.6 Å². The Morgan fingerprint density at radius 2 is 1.56 bits per heavy atom. The highest BCUT2D eigenvalue weighted by Gasteiger charge is 2.24. The third-order valence-corrected chi connectivity index (χ3v) is 5.12. The maximum absolute atomic E-state index is 12.7. The molecule has 2 saturated heterocycles. The van der Waals surface area contributed by atoms with Crippen molar-refractivity contribution < 1.29 is 9.59 Å². The summed E-state index contributed by atoms with van der Waals surface area (Å²) < 4.78 is 0. The van der Waals surface area contributed by atoms with Gasteiger partial charge in [0.2, 0.25) is 0 Å². The van der Waals surface area contributed by atoms with E-state index in [2.05, 4.69) is 28.8 Å². The molecule has 136 valence electrons. The fraction of sp³-hybridized carbons (Fsp3) is 0.611. The van der Waals surface area contributed by atoms with Gasteiger partial charge in [-0.05, 0) is 25.7 Å². The Labute approximate surface area is 149 Å². The Bertz CT molecular complexity index is 620. The van der Waals surface area contributed by atoms with E-state index in [0.29, 0.717) is 24.3 Å². The van der Waals surface area contributed by atoms with E-state index in [1.54, 1.807) is 18.3 Å². The zero-order valence-electron chi connectivity index (χ0n) is 15.1. The summed E-state index contributed by atoms with van der Waals surface area (Å²) in [5.41, 5.74) is 0.917. The van der Waals surface area contributed by atoms with Crippen LogP contribution in [0.4, 0.5) is 0 Å². The highest BCUT2D eigenvalue weighted by atomic mass is 16.2. The van der Waals surface area contributed by atoms with Crippen LogP contribution in [0.1, 0.15) is 27.8 Å². The van der Waals surface area contributed by atoms with Crippen molar-refractivity contribution in [3.63, 3.8) is 0 Å². The molecule has 3 heterocycles. The van der Waals surface area contributed by atoms with Gasteiger partial charge >= 0.3 is 0 Å². The standard InChI is InChI=1S/C18H27N5O2/c1-3-21-8-12-22(13-9-21)17(24)15-4-5-19-16(14-15)18(25)23-10-6-20(2)7-11-23/h4-5,14H,3,6-13H2,1-2H3. The number of carbonyl (C=O) groups excluding carboxylic acids is 2. The number of aromatic nitrogens is 1. The highest BCUT2D eigenvalue weighted by Crippen LogP contribution is 2.12. The first-order chi connectivity index (χ1) is 12.1. The molecular weight excluding hydrogens is 318 g/mol. The van der Waals surface area contributed by atoms with Gasteiger partial charge in [-0.2, -0.15) is 0 Å². The molecule has 0 N–H and O–H groups in total. The molecule has 0 aromatic carbocycles. The molecule has 2 aliphatic heterocycles. The van der Waals surface area contributed by atoms with Crippen LogP contribution in [0, 0.1) is 0 Å². The predicted molar refractivity (Wildman–Crippen MR) is 95.7 cm³/mol. The zero-order chi connectivity index (χ0) is 17.8. The summed E-state index contributed by atoms with van der Waals surface area (Å²) in [5, 5.41) is 0. The molecule has 0 bridgehead atoms. The molecule has 0 radical (unpaired) electrons. The van der Waals surface area contributed by atoms with Gasteiger partial charge in [0.25, 0.3) is 11.8 Å². The molecule has 0 atom stereocenters. The molecule has 1 aromatic heterocycles. The van der Waals surface area contributed by atoms with Crippen LogP contribution < -0.4 is 0 Å². The van der Waals surface area contributed by atoms with Crippen LogP contribution in [0.25, 0.3) is 0 Å². The molecule has 25 heavy (non-hydrogen) atoms. The quantitative estimate of drug-likeness (QED) is 0.786. The van der Waals surface area contributed by atoms with Crippen molar-refractivity contribution in [3.8, 4) is 0 Å². The van der Waals surface area contributed by atoms with Crippen molar-refractivity contribution in [2.75, 3.05) is 66.0 Å². The summed E-state index contributed by atoms with van der Waals surface area (Å²) in [6.07, 6.45) is 1.57. The number of nitrogens with zero attached hydrogens (tertiary/aromatic N) is 5. The second-order valence-electron chi connectivity index (χ2n) is 6.75. The molecule has 0 saturated carbocycles. The highest BCUT2D eigenvalue weighted by molar-refractivity contribution is 5.98. The number of piperazine rings is 2. The van der Waals surface area contributed by atoms with Gasteiger partial charge in [-0.15, -0.1) is 0 Å². The lowest BCUT2D eigenvalue weighted by molar-refractivity contribution is 0.0642. The summed E-state index contributed by atoms with van der Waals surface area (Å²) in [7, 11) is 2.05. The lowest BCUT2D eigenvalue weighted by Gasteiger charge is -2.34. The maximum atomic E-state index is 12.7. The molecule has 1 aromatic rings. The Balaban J connectivity index is 1.67. The molecular formula is C18H27N5O2. The van der Waals surface area contributed by atoms with Crippen molar-refractivity contribution in [1.29, 1.82) is 0 Å². The van der Waals surface area contributed by atoms with E-state index in [1.165, 1.54) is 0 Å². The average Bonchev–Trinajstić information content (AvgIpc) is 2.67. The van der Waals surface area contributed by atoms with Gasteiger partial charge in [-0.25, -0.2) is 0 Å². The molecule has 2 aliphatic rings. The first-order valence-electron chi connectivity index (χ1n) is 9.04. The monoisotopic (exact) mass is 345 g/mol. The largest absolute Gasteiger partial charge is 0.336 e. The van der Waals surface area contributed by atoms with E-state index < -0.39 is 0 Å². The Morgan fingerprint density at radius 3 is 2.20 bits per heavy atom. The Morgan fingerprint density at radius 1 is 0.960 bits per heavy atom. The van der Waals surface area contributed by atoms with Gasteiger partial charge in [0.1, 0.15) is 5.69 Å². The van der Waals surface area contributed by atoms with Gasteiger partial charge in [0, 0.05) is 64.1 Å². The van der Waals surface area contributed by atoms with Crippen molar-refractivity contribution in [2.24, 2.45) is 0 Å². The average molecular weight is 345 g/mol. The summed E-state index contributed by atoms with van der Waals surface area (Å²) in [6, 6.07) is 3.35. The molecule has 0 spiro atoms. The summed E-state index contributed by atoms with van der Waals surface area (Å²) in [5.74, 6) is -0.0934. The molecule has 7 nitrogen and oxygen atoms in total. The van der Waals surface area contributed by atoms with Crippen LogP contribution in [0.15, 0.2) is 18.3 Å². The fourth-order valence-electron chi connectivity index (χ4n) is 3.30. The zero-order valence-corrected chi connectivity index (χ0v) is 15.1. The van der Waals surface area contributed by atoms with Crippen LogP contribution in [0.3, 0.4) is 0 Å². The van der Waals surface area contributed by atoms with Crippen LogP contribution in [-0.2, 0) is 0 Å². The van der Waals surface area contributed by atoms with Crippen LogP contribution in [-0.4, -0.2) is 102 Å². The first-order valence-corrected chi connectivity index (χ1v) is 9.04. The second kappa shape index (κ2) is 7.93. The Kier molecular flexibility index (Phi) is 5.65. The van der Waals surface area contributed by atoms with Crippen LogP contribution in [0.5, 0.6) is 0 Å². The number of pyridine rings is 1. The molecule has 0 unspecified atom stereocenters. The Hall–Kier alpha value is -1.99. The topological polar surface area (TPSA) is 60.0 Å². The van der Waals surface area contributed by atoms with E-state index in [-0.39, 0.29) is 11.8 Å². The molecule has 2 fully saturated rings. The van der Waals surface area contributed by atoms with Gasteiger partial charge in [0.05, 0.1) is 0 Å². The first kappa shape index (κ1) is 17.8. The van der Waals surface area contributed by atoms with Crippen molar-refractivity contribution in [3.05, 3.63) is 29.6 Å². The summed E-state index contributed by atoms with van der Waals surface area (Å²) in [6.45, 7) is 9.56. The number of hydrogen-bond acceptors (Lipinski definition) is 5. The maximum Gasteiger partial charge on any atom is 0.272 e. The molecule has 2 amide bonds.